The molecule has 2 rings (SSSR count). The molecular weight excluding hydrogens is 334 g/mol. The van der Waals surface area contributed by atoms with Crippen molar-refractivity contribution in [2.45, 2.75) is 6.54 Å². The Bertz CT molecular complexity index is 563. The zero-order valence-corrected chi connectivity index (χ0v) is 11.5. The summed E-state index contributed by atoms with van der Waals surface area (Å²) in [6.07, 6.45) is 1.79. The Labute approximate surface area is 110 Å². The third-order valence-electron chi connectivity index (χ3n) is 2.19. The quantitative estimate of drug-likeness (QED) is 0.819. The minimum atomic E-state index is 0.00294. The largest absolute Gasteiger partial charge is 0.310 e. The molecule has 0 saturated heterocycles. The molecule has 0 radical (unpaired) electrons. The van der Waals surface area contributed by atoms with Gasteiger partial charge in [-0.3, -0.25) is 4.79 Å². The van der Waals surface area contributed by atoms with Gasteiger partial charge in [-0.1, -0.05) is 28.1 Å². The molecule has 4 heteroatoms. The number of nitrogens with zero attached hydrogens (tertiary/aromatic N) is 1. The number of aromatic nitrogens is 1. The Morgan fingerprint density at radius 2 is 1.88 bits per heavy atom. The number of pyridine rings is 1. The molecule has 0 aliphatic rings. The maximum absolute atomic E-state index is 11.6. The van der Waals surface area contributed by atoms with Crippen molar-refractivity contribution < 1.29 is 0 Å². The van der Waals surface area contributed by atoms with E-state index in [1.807, 2.05) is 24.3 Å². The summed E-state index contributed by atoms with van der Waals surface area (Å²) in [6, 6.07) is 11.2. The van der Waals surface area contributed by atoms with Gasteiger partial charge in [0.1, 0.15) is 0 Å². The summed E-state index contributed by atoms with van der Waals surface area (Å²) < 4.78 is 3.60. The van der Waals surface area contributed by atoms with E-state index in [1.165, 1.54) is 0 Å². The van der Waals surface area contributed by atoms with Crippen LogP contribution in [0.5, 0.6) is 0 Å². The third kappa shape index (κ3) is 2.83. The van der Waals surface area contributed by atoms with Gasteiger partial charge in [0.25, 0.3) is 5.56 Å². The molecule has 82 valence electrons. The van der Waals surface area contributed by atoms with Crippen LogP contribution in [0, 0.1) is 0 Å². The minimum Gasteiger partial charge on any atom is -0.310 e. The van der Waals surface area contributed by atoms with E-state index in [0.29, 0.717) is 6.54 Å². The molecule has 2 aromatic rings. The van der Waals surface area contributed by atoms with E-state index in [1.54, 1.807) is 22.9 Å². The monoisotopic (exact) mass is 341 g/mol. The van der Waals surface area contributed by atoms with Gasteiger partial charge in [0, 0.05) is 21.2 Å². The Morgan fingerprint density at radius 3 is 2.62 bits per heavy atom. The Morgan fingerprint density at radius 1 is 1.06 bits per heavy atom. The molecule has 0 amide bonds. The summed E-state index contributed by atoms with van der Waals surface area (Å²) in [5.74, 6) is 0. The van der Waals surface area contributed by atoms with Crippen LogP contribution in [0.2, 0.25) is 0 Å². The molecule has 0 saturated carbocycles. The fourth-order valence-electron chi connectivity index (χ4n) is 1.46. The molecule has 2 nitrogen and oxygen atoms in total. The Balaban J connectivity index is 2.34. The van der Waals surface area contributed by atoms with E-state index in [2.05, 4.69) is 31.9 Å². The van der Waals surface area contributed by atoms with Crippen molar-refractivity contribution in [1.82, 2.24) is 4.57 Å². The summed E-state index contributed by atoms with van der Waals surface area (Å²) in [4.78, 5) is 11.6. The molecule has 0 aliphatic heterocycles. The van der Waals surface area contributed by atoms with Crippen LogP contribution < -0.4 is 5.56 Å². The molecule has 0 spiro atoms. The maximum Gasteiger partial charge on any atom is 0.250 e. The first-order valence-electron chi connectivity index (χ1n) is 4.75. The van der Waals surface area contributed by atoms with Crippen LogP contribution in [-0.2, 0) is 6.54 Å². The fraction of sp³-hybridized carbons (Fsp3) is 0.0833. The predicted molar refractivity (Wildman–Crippen MR) is 71.6 cm³/mol. The van der Waals surface area contributed by atoms with Crippen LogP contribution >= 0.6 is 31.9 Å². The van der Waals surface area contributed by atoms with Crippen LogP contribution in [0.3, 0.4) is 0 Å². The summed E-state index contributed by atoms with van der Waals surface area (Å²) in [6.45, 7) is 0.581. The lowest BCUT2D eigenvalue weighted by molar-refractivity contribution is 0.756. The zero-order valence-electron chi connectivity index (χ0n) is 8.36. The highest BCUT2D eigenvalue weighted by molar-refractivity contribution is 9.10. The normalized spacial score (nSPS) is 10.4. The molecule has 1 aromatic heterocycles. The van der Waals surface area contributed by atoms with Crippen LogP contribution in [0.25, 0.3) is 0 Å². The highest BCUT2D eigenvalue weighted by Crippen LogP contribution is 2.13. The first-order chi connectivity index (χ1) is 7.65. The van der Waals surface area contributed by atoms with Gasteiger partial charge in [-0.25, -0.2) is 0 Å². The highest BCUT2D eigenvalue weighted by atomic mass is 79.9. The van der Waals surface area contributed by atoms with Crippen molar-refractivity contribution in [3.05, 3.63) is 67.5 Å². The van der Waals surface area contributed by atoms with Gasteiger partial charge in [0.05, 0.1) is 6.54 Å². The van der Waals surface area contributed by atoms with Crippen molar-refractivity contribution >= 4 is 31.9 Å². The fourth-order valence-corrected chi connectivity index (χ4v) is 2.28. The van der Waals surface area contributed by atoms with Crippen molar-refractivity contribution in [2.24, 2.45) is 0 Å². The summed E-state index contributed by atoms with van der Waals surface area (Å²) in [5.41, 5.74) is 1.10. The van der Waals surface area contributed by atoms with Gasteiger partial charge >= 0.3 is 0 Å². The molecule has 0 N–H and O–H groups in total. The van der Waals surface area contributed by atoms with E-state index in [4.69, 9.17) is 0 Å². The predicted octanol–water partition coefficient (Wildman–Crippen LogP) is 3.42. The van der Waals surface area contributed by atoms with Crippen LogP contribution in [-0.4, -0.2) is 4.57 Å². The molecule has 0 fully saturated rings. The minimum absolute atomic E-state index is 0.00294. The zero-order chi connectivity index (χ0) is 11.5. The molecular formula is C12H9Br2NO. The van der Waals surface area contributed by atoms with Crippen molar-refractivity contribution in [1.29, 1.82) is 0 Å². The first-order valence-corrected chi connectivity index (χ1v) is 6.34. The summed E-state index contributed by atoms with van der Waals surface area (Å²) in [7, 11) is 0. The molecule has 0 unspecified atom stereocenters. The van der Waals surface area contributed by atoms with Gasteiger partial charge < -0.3 is 4.57 Å². The second kappa shape index (κ2) is 4.97. The topological polar surface area (TPSA) is 22.0 Å². The lowest BCUT2D eigenvalue weighted by atomic mass is 10.2. The van der Waals surface area contributed by atoms with Crippen LogP contribution in [0.4, 0.5) is 0 Å². The number of rotatable bonds is 2. The van der Waals surface area contributed by atoms with E-state index in [9.17, 15) is 4.79 Å². The number of hydrogen-bond donors (Lipinski definition) is 0. The first kappa shape index (κ1) is 11.6. The SMILES string of the molecule is O=c1ccc(Br)cn1Cc1cccc(Br)c1. The van der Waals surface area contributed by atoms with Gasteiger partial charge in [-0.05, 0) is 39.7 Å². The third-order valence-corrected chi connectivity index (χ3v) is 3.15. The Hall–Kier alpha value is -0.870. The molecule has 16 heavy (non-hydrogen) atoms. The number of benzene rings is 1. The van der Waals surface area contributed by atoms with Gasteiger partial charge in [0.2, 0.25) is 0 Å². The van der Waals surface area contributed by atoms with E-state index in [0.717, 1.165) is 14.5 Å². The molecule has 0 bridgehead atoms. The second-order valence-electron chi connectivity index (χ2n) is 3.44. The van der Waals surface area contributed by atoms with Gasteiger partial charge in [-0.2, -0.15) is 0 Å². The van der Waals surface area contributed by atoms with Crippen LogP contribution in [0.1, 0.15) is 5.56 Å². The van der Waals surface area contributed by atoms with Crippen molar-refractivity contribution in [2.75, 3.05) is 0 Å². The van der Waals surface area contributed by atoms with Gasteiger partial charge in [0.15, 0.2) is 0 Å². The smallest absolute Gasteiger partial charge is 0.250 e. The maximum atomic E-state index is 11.6. The molecule has 0 aliphatic carbocycles. The van der Waals surface area contributed by atoms with E-state index < -0.39 is 0 Å². The number of halogens is 2. The summed E-state index contributed by atoms with van der Waals surface area (Å²) >= 11 is 6.77. The standard InChI is InChI=1S/C12H9Br2NO/c13-10-3-1-2-9(6-10)7-15-8-11(14)4-5-12(15)16/h1-6,8H,7H2. The van der Waals surface area contributed by atoms with Gasteiger partial charge in [-0.15, -0.1) is 0 Å². The molecule has 1 heterocycles. The van der Waals surface area contributed by atoms with Crippen molar-refractivity contribution in [3.8, 4) is 0 Å². The molecule has 0 atom stereocenters. The van der Waals surface area contributed by atoms with Crippen LogP contribution in [0.15, 0.2) is 56.3 Å². The lowest BCUT2D eigenvalue weighted by Gasteiger charge is -2.06. The van der Waals surface area contributed by atoms with Crippen molar-refractivity contribution in [3.63, 3.8) is 0 Å². The van der Waals surface area contributed by atoms with E-state index in [-0.39, 0.29) is 5.56 Å². The lowest BCUT2D eigenvalue weighted by Crippen LogP contribution is -2.18. The molecule has 1 aromatic carbocycles. The summed E-state index contributed by atoms with van der Waals surface area (Å²) in [5, 5.41) is 0. The average Bonchev–Trinajstić information content (AvgIpc) is 2.24. The number of hydrogen-bond acceptors (Lipinski definition) is 1. The van der Waals surface area contributed by atoms with E-state index >= 15 is 0 Å². The Kier molecular flexibility index (Phi) is 3.61. The highest BCUT2D eigenvalue weighted by Gasteiger charge is 1.99. The second-order valence-corrected chi connectivity index (χ2v) is 5.27. The average molecular weight is 343 g/mol.